The summed E-state index contributed by atoms with van der Waals surface area (Å²) in [7, 11) is 0. The molecular weight excluding hydrogens is 397 g/mol. The van der Waals surface area contributed by atoms with Crippen LogP contribution in [0, 0.1) is 5.92 Å². The van der Waals surface area contributed by atoms with Gasteiger partial charge in [-0.2, -0.15) is 0 Å². The Labute approximate surface area is 148 Å². The maximum absolute atomic E-state index is 12.2. The number of alkyl halides is 3. The van der Waals surface area contributed by atoms with Gasteiger partial charge in [-0.25, -0.2) is 0 Å². The van der Waals surface area contributed by atoms with Gasteiger partial charge in [-0.05, 0) is 72.4 Å². The molecule has 2 N–H and O–H groups in total. The lowest BCUT2D eigenvalue weighted by atomic mass is 9.91. The van der Waals surface area contributed by atoms with Crippen molar-refractivity contribution in [3.05, 3.63) is 28.2 Å². The number of hydrogen-bond acceptors (Lipinski definition) is 3. The Kier molecular flexibility index (Phi) is 7.64. The summed E-state index contributed by atoms with van der Waals surface area (Å²) in [5, 5.41) is 0. The average Bonchev–Trinajstić information content (AvgIpc) is 2.41. The lowest BCUT2D eigenvalue weighted by Crippen LogP contribution is -2.39. The van der Waals surface area contributed by atoms with Crippen molar-refractivity contribution in [1.29, 1.82) is 0 Å². The van der Waals surface area contributed by atoms with Crippen LogP contribution in [-0.4, -0.2) is 30.4 Å². The molecule has 1 saturated heterocycles. The number of piperidine rings is 1. The van der Waals surface area contributed by atoms with E-state index in [1.807, 2.05) is 6.92 Å². The first kappa shape index (κ1) is 20.5. The van der Waals surface area contributed by atoms with Gasteiger partial charge in [-0.1, -0.05) is 6.07 Å². The third kappa shape index (κ3) is 6.49. The Morgan fingerprint density at radius 1 is 1.35 bits per heavy atom. The summed E-state index contributed by atoms with van der Waals surface area (Å²) in [6.07, 6.45) is -2.55. The number of nitrogens with zero attached hydrogens (tertiary/aromatic N) is 1. The van der Waals surface area contributed by atoms with Crippen LogP contribution in [0.15, 0.2) is 22.7 Å². The van der Waals surface area contributed by atoms with Crippen molar-refractivity contribution in [1.82, 2.24) is 4.90 Å². The van der Waals surface area contributed by atoms with Gasteiger partial charge in [0.25, 0.3) is 0 Å². The minimum atomic E-state index is -4.68. The standard InChI is InChI=1S/C15H20BrF3N2O.ClH/c1-10(20)12-4-6-21(7-5-12)9-11-2-3-14(13(16)8-11)22-15(17,18)19;/h2-3,8,10,12H,4-7,9,20H2,1H3;1H. The fourth-order valence-electron chi connectivity index (χ4n) is 2.75. The molecule has 132 valence electrons. The smallest absolute Gasteiger partial charge is 0.405 e. The average molecular weight is 418 g/mol. The topological polar surface area (TPSA) is 38.5 Å². The first-order valence-corrected chi connectivity index (χ1v) is 8.06. The first-order valence-electron chi connectivity index (χ1n) is 7.26. The van der Waals surface area contributed by atoms with Gasteiger partial charge in [0.15, 0.2) is 0 Å². The molecule has 1 heterocycles. The zero-order valence-corrected chi connectivity index (χ0v) is 15.2. The molecule has 3 nitrogen and oxygen atoms in total. The lowest BCUT2D eigenvalue weighted by Gasteiger charge is -2.33. The van der Waals surface area contributed by atoms with Crippen LogP contribution in [0.2, 0.25) is 0 Å². The predicted molar refractivity (Wildman–Crippen MR) is 89.7 cm³/mol. The molecule has 0 spiro atoms. The van der Waals surface area contributed by atoms with Gasteiger partial charge in [0, 0.05) is 12.6 Å². The van der Waals surface area contributed by atoms with Crippen molar-refractivity contribution in [2.75, 3.05) is 13.1 Å². The lowest BCUT2D eigenvalue weighted by molar-refractivity contribution is -0.274. The van der Waals surface area contributed by atoms with Gasteiger partial charge in [-0.15, -0.1) is 25.6 Å². The van der Waals surface area contributed by atoms with Gasteiger partial charge in [0.05, 0.1) is 4.47 Å². The molecule has 1 atom stereocenters. The van der Waals surface area contributed by atoms with Gasteiger partial charge in [-0.3, -0.25) is 4.90 Å². The highest BCUT2D eigenvalue weighted by atomic mass is 79.9. The Morgan fingerprint density at radius 3 is 2.43 bits per heavy atom. The van der Waals surface area contributed by atoms with E-state index in [4.69, 9.17) is 5.73 Å². The van der Waals surface area contributed by atoms with E-state index in [0.29, 0.717) is 10.4 Å². The first-order chi connectivity index (χ1) is 10.2. The quantitative estimate of drug-likeness (QED) is 0.792. The van der Waals surface area contributed by atoms with E-state index in [0.717, 1.165) is 38.0 Å². The molecule has 2 rings (SSSR count). The number of nitrogens with two attached hydrogens (primary N) is 1. The second kappa shape index (κ2) is 8.55. The van der Waals surface area contributed by atoms with Crippen molar-refractivity contribution in [3.8, 4) is 5.75 Å². The minimum absolute atomic E-state index is 0. The van der Waals surface area contributed by atoms with Gasteiger partial charge in [0.1, 0.15) is 5.75 Å². The third-order valence-corrected chi connectivity index (χ3v) is 4.62. The fraction of sp³-hybridized carbons (Fsp3) is 0.600. The summed E-state index contributed by atoms with van der Waals surface area (Å²) in [4.78, 5) is 2.30. The summed E-state index contributed by atoms with van der Waals surface area (Å²) >= 11 is 3.13. The SMILES string of the molecule is CC(N)C1CCN(Cc2ccc(OC(F)(F)F)c(Br)c2)CC1.Cl. The number of ether oxygens (including phenoxy) is 1. The zero-order valence-electron chi connectivity index (χ0n) is 12.8. The van der Waals surface area contributed by atoms with Crippen LogP contribution < -0.4 is 10.5 Å². The van der Waals surface area contributed by atoms with Crippen molar-refractivity contribution >= 4 is 28.3 Å². The number of rotatable bonds is 4. The van der Waals surface area contributed by atoms with Crippen LogP contribution >= 0.6 is 28.3 Å². The molecule has 1 aromatic carbocycles. The van der Waals surface area contributed by atoms with Crippen LogP contribution in [0.4, 0.5) is 13.2 Å². The van der Waals surface area contributed by atoms with Crippen molar-refractivity contribution in [2.45, 2.75) is 38.7 Å². The monoisotopic (exact) mass is 416 g/mol. The molecule has 0 radical (unpaired) electrons. The largest absolute Gasteiger partial charge is 0.573 e. The van der Waals surface area contributed by atoms with E-state index in [1.165, 1.54) is 6.07 Å². The summed E-state index contributed by atoms with van der Waals surface area (Å²) in [6, 6.07) is 4.92. The maximum atomic E-state index is 12.2. The van der Waals surface area contributed by atoms with Crippen LogP contribution in [0.1, 0.15) is 25.3 Å². The molecular formula is C15H21BrClF3N2O. The molecule has 0 aromatic heterocycles. The highest BCUT2D eigenvalue weighted by Gasteiger charge is 2.32. The van der Waals surface area contributed by atoms with Crippen molar-refractivity contribution in [2.24, 2.45) is 11.7 Å². The molecule has 0 saturated carbocycles. The molecule has 8 heteroatoms. The normalized spacial score (nSPS) is 18.3. The Bertz CT molecular complexity index is 506. The number of hydrogen-bond donors (Lipinski definition) is 1. The Balaban J connectivity index is 0.00000264. The second-order valence-corrected chi connectivity index (χ2v) is 6.64. The molecule has 1 aliphatic rings. The van der Waals surface area contributed by atoms with Crippen LogP contribution in [0.25, 0.3) is 0 Å². The Morgan fingerprint density at radius 2 is 1.96 bits per heavy atom. The molecule has 0 amide bonds. The molecule has 1 fully saturated rings. The summed E-state index contributed by atoms with van der Waals surface area (Å²) in [6.45, 7) is 4.68. The van der Waals surface area contributed by atoms with Crippen molar-refractivity contribution in [3.63, 3.8) is 0 Å². The van der Waals surface area contributed by atoms with E-state index >= 15 is 0 Å². The third-order valence-electron chi connectivity index (χ3n) is 4.00. The molecule has 0 aliphatic carbocycles. The van der Waals surface area contributed by atoms with Gasteiger partial charge >= 0.3 is 6.36 Å². The van der Waals surface area contributed by atoms with E-state index in [1.54, 1.807) is 12.1 Å². The molecule has 1 aromatic rings. The van der Waals surface area contributed by atoms with Crippen LogP contribution in [0.3, 0.4) is 0 Å². The highest BCUT2D eigenvalue weighted by Crippen LogP contribution is 2.31. The van der Waals surface area contributed by atoms with E-state index in [-0.39, 0.29) is 24.2 Å². The van der Waals surface area contributed by atoms with Crippen molar-refractivity contribution < 1.29 is 17.9 Å². The van der Waals surface area contributed by atoms with Crippen LogP contribution in [-0.2, 0) is 6.54 Å². The van der Waals surface area contributed by atoms with Crippen LogP contribution in [0.5, 0.6) is 5.75 Å². The fourth-order valence-corrected chi connectivity index (χ4v) is 3.25. The van der Waals surface area contributed by atoms with Gasteiger partial charge < -0.3 is 10.5 Å². The zero-order chi connectivity index (χ0) is 16.3. The molecule has 0 bridgehead atoms. The summed E-state index contributed by atoms with van der Waals surface area (Å²) < 4.78 is 41.0. The summed E-state index contributed by atoms with van der Waals surface area (Å²) in [5.41, 5.74) is 6.88. The second-order valence-electron chi connectivity index (χ2n) is 5.79. The number of halogens is 5. The maximum Gasteiger partial charge on any atom is 0.573 e. The van der Waals surface area contributed by atoms with Gasteiger partial charge in [0.2, 0.25) is 0 Å². The van der Waals surface area contributed by atoms with E-state index in [9.17, 15) is 13.2 Å². The summed E-state index contributed by atoms with van der Waals surface area (Å²) in [5.74, 6) is 0.345. The van der Waals surface area contributed by atoms with E-state index in [2.05, 4.69) is 25.6 Å². The minimum Gasteiger partial charge on any atom is -0.405 e. The number of likely N-dealkylation sites (tertiary alicyclic amines) is 1. The number of benzene rings is 1. The molecule has 1 aliphatic heterocycles. The van der Waals surface area contributed by atoms with E-state index < -0.39 is 6.36 Å². The molecule has 1 unspecified atom stereocenters. The molecule has 23 heavy (non-hydrogen) atoms. The highest BCUT2D eigenvalue weighted by molar-refractivity contribution is 9.10. The Hall–Kier alpha value is -0.500. The predicted octanol–water partition coefficient (Wildman–Crippen LogP) is 4.33.